The lowest BCUT2D eigenvalue weighted by Gasteiger charge is -2.09. The highest BCUT2D eigenvalue weighted by Crippen LogP contribution is 2.11. The van der Waals surface area contributed by atoms with E-state index in [2.05, 4.69) is 0 Å². The summed E-state index contributed by atoms with van der Waals surface area (Å²) in [7, 11) is 1.41. The number of aromatic nitrogens is 2. The maximum Gasteiger partial charge on any atom is 0.331 e. The van der Waals surface area contributed by atoms with Gasteiger partial charge in [-0.05, 0) is 6.07 Å². The number of halogens is 2. The van der Waals surface area contributed by atoms with Gasteiger partial charge in [-0.15, -0.1) is 0 Å². The summed E-state index contributed by atoms with van der Waals surface area (Å²) in [5.41, 5.74) is 3.84. The van der Waals surface area contributed by atoms with E-state index < -0.39 is 22.9 Å². The van der Waals surface area contributed by atoms with Crippen LogP contribution in [0.4, 0.5) is 14.5 Å². The van der Waals surface area contributed by atoms with E-state index in [0.29, 0.717) is 0 Å². The maximum absolute atomic E-state index is 13.5. The highest BCUT2D eigenvalue weighted by molar-refractivity contribution is 5.31. The first-order valence-electron chi connectivity index (χ1n) is 5.40. The van der Waals surface area contributed by atoms with E-state index in [4.69, 9.17) is 5.73 Å². The number of nitrogens with zero attached hydrogens (tertiary/aromatic N) is 2. The maximum atomic E-state index is 13.5. The molecule has 19 heavy (non-hydrogen) atoms. The molecule has 100 valence electrons. The molecular formula is C12H11F2N3O2. The number of anilines is 1. The van der Waals surface area contributed by atoms with Crippen molar-refractivity contribution in [3.05, 3.63) is 62.4 Å². The lowest BCUT2D eigenvalue weighted by molar-refractivity contribution is 0.491. The summed E-state index contributed by atoms with van der Waals surface area (Å²) in [4.78, 5) is 23.5. The Morgan fingerprint density at radius 3 is 2.63 bits per heavy atom. The molecule has 0 spiro atoms. The molecule has 0 aliphatic carbocycles. The molecule has 0 amide bonds. The van der Waals surface area contributed by atoms with Crippen molar-refractivity contribution in [1.29, 1.82) is 0 Å². The van der Waals surface area contributed by atoms with Crippen LogP contribution in [0.2, 0.25) is 0 Å². The molecule has 7 heteroatoms. The summed E-state index contributed by atoms with van der Waals surface area (Å²) in [6.07, 6.45) is 1.18. The summed E-state index contributed by atoms with van der Waals surface area (Å²) >= 11 is 0. The minimum Gasteiger partial charge on any atom is -0.393 e. The van der Waals surface area contributed by atoms with Crippen molar-refractivity contribution in [1.82, 2.24) is 9.13 Å². The van der Waals surface area contributed by atoms with Gasteiger partial charge in [0.15, 0.2) is 11.6 Å². The average molecular weight is 267 g/mol. The summed E-state index contributed by atoms with van der Waals surface area (Å²) in [6, 6.07) is 3.56. The van der Waals surface area contributed by atoms with Crippen LogP contribution >= 0.6 is 0 Å². The van der Waals surface area contributed by atoms with Gasteiger partial charge in [-0.25, -0.2) is 13.6 Å². The van der Waals surface area contributed by atoms with Crippen LogP contribution in [-0.4, -0.2) is 9.13 Å². The van der Waals surface area contributed by atoms with Crippen LogP contribution in [0.3, 0.4) is 0 Å². The molecule has 0 fully saturated rings. The number of hydrogen-bond acceptors (Lipinski definition) is 3. The van der Waals surface area contributed by atoms with Crippen molar-refractivity contribution in [2.45, 2.75) is 6.54 Å². The third-order valence-corrected chi connectivity index (χ3v) is 2.72. The highest BCUT2D eigenvalue weighted by atomic mass is 19.2. The zero-order chi connectivity index (χ0) is 14.2. The fourth-order valence-corrected chi connectivity index (χ4v) is 1.73. The Morgan fingerprint density at radius 2 is 1.95 bits per heavy atom. The molecule has 0 aliphatic rings. The third-order valence-electron chi connectivity index (χ3n) is 2.72. The molecule has 0 aliphatic heterocycles. The zero-order valence-corrected chi connectivity index (χ0v) is 10.1. The first-order chi connectivity index (χ1) is 8.91. The smallest absolute Gasteiger partial charge is 0.331 e. The summed E-state index contributed by atoms with van der Waals surface area (Å²) < 4.78 is 28.5. The van der Waals surface area contributed by atoms with Gasteiger partial charge in [0.1, 0.15) is 5.69 Å². The normalized spacial score (nSPS) is 10.7. The van der Waals surface area contributed by atoms with Gasteiger partial charge in [-0.2, -0.15) is 0 Å². The quantitative estimate of drug-likeness (QED) is 0.859. The van der Waals surface area contributed by atoms with Crippen LogP contribution in [0.5, 0.6) is 0 Å². The molecule has 5 nitrogen and oxygen atoms in total. The molecule has 0 saturated carbocycles. The summed E-state index contributed by atoms with van der Waals surface area (Å²) in [6.45, 7) is -0.375. The Bertz CT molecular complexity index is 715. The number of nitrogens with two attached hydrogens (primary N) is 1. The molecule has 1 aromatic carbocycles. The van der Waals surface area contributed by atoms with Crippen LogP contribution in [0.25, 0.3) is 0 Å². The Labute approximate surface area is 106 Å². The van der Waals surface area contributed by atoms with Crippen LogP contribution in [0.1, 0.15) is 5.56 Å². The van der Waals surface area contributed by atoms with Gasteiger partial charge in [0.2, 0.25) is 0 Å². The summed E-state index contributed by atoms with van der Waals surface area (Å²) in [5, 5.41) is 0. The predicted octanol–water partition coefficient (Wildman–Crippen LogP) is 0.456. The number of hydrogen-bond donors (Lipinski definition) is 1. The molecule has 1 heterocycles. The minimum absolute atomic E-state index is 0.0928. The van der Waals surface area contributed by atoms with Gasteiger partial charge in [0.25, 0.3) is 5.56 Å². The van der Waals surface area contributed by atoms with E-state index >= 15 is 0 Å². The predicted molar refractivity (Wildman–Crippen MR) is 65.8 cm³/mol. The van der Waals surface area contributed by atoms with Crippen LogP contribution in [0, 0.1) is 11.6 Å². The average Bonchev–Trinajstić information content (AvgIpc) is 2.37. The molecule has 2 aromatic rings. The molecule has 0 atom stereocenters. The van der Waals surface area contributed by atoms with Crippen molar-refractivity contribution in [2.75, 3.05) is 5.73 Å². The van der Waals surface area contributed by atoms with Gasteiger partial charge in [0, 0.05) is 18.8 Å². The van der Waals surface area contributed by atoms with E-state index in [1.54, 1.807) is 0 Å². The molecule has 0 unspecified atom stereocenters. The number of aryl methyl sites for hydroxylation is 1. The van der Waals surface area contributed by atoms with Crippen LogP contribution in [-0.2, 0) is 13.6 Å². The van der Waals surface area contributed by atoms with E-state index in [0.717, 1.165) is 15.2 Å². The van der Waals surface area contributed by atoms with Crippen molar-refractivity contribution in [3.8, 4) is 0 Å². The van der Waals surface area contributed by atoms with E-state index in [1.165, 1.54) is 25.4 Å². The van der Waals surface area contributed by atoms with Crippen molar-refractivity contribution in [3.63, 3.8) is 0 Å². The van der Waals surface area contributed by atoms with Gasteiger partial charge >= 0.3 is 5.69 Å². The van der Waals surface area contributed by atoms with Crippen molar-refractivity contribution in [2.24, 2.45) is 7.05 Å². The number of nitrogen functional groups attached to an aromatic ring is 1. The topological polar surface area (TPSA) is 70.0 Å². The van der Waals surface area contributed by atoms with Gasteiger partial charge < -0.3 is 10.3 Å². The van der Waals surface area contributed by atoms with Gasteiger partial charge in [-0.1, -0.05) is 12.1 Å². The molecule has 1 aromatic heterocycles. The Balaban J connectivity index is 2.59. The second kappa shape index (κ2) is 4.68. The largest absolute Gasteiger partial charge is 0.393 e. The molecule has 0 bridgehead atoms. The highest BCUT2D eigenvalue weighted by Gasteiger charge is 2.12. The van der Waals surface area contributed by atoms with Crippen LogP contribution in [0.15, 0.2) is 34.0 Å². The molecule has 0 saturated heterocycles. The summed E-state index contributed by atoms with van der Waals surface area (Å²) in [5.74, 6) is -2.12. The fraction of sp³-hybridized carbons (Fsp3) is 0.167. The Morgan fingerprint density at radius 1 is 1.26 bits per heavy atom. The molecule has 0 radical (unpaired) electrons. The minimum atomic E-state index is -1.08. The lowest BCUT2D eigenvalue weighted by Crippen LogP contribution is -2.40. The monoisotopic (exact) mass is 267 g/mol. The van der Waals surface area contributed by atoms with E-state index in [1.807, 2.05) is 0 Å². The SMILES string of the molecule is Cn1cc(N)c(=O)n(Cc2cccc(F)c2F)c1=O. The second-order valence-corrected chi connectivity index (χ2v) is 4.08. The second-order valence-electron chi connectivity index (χ2n) is 4.08. The van der Waals surface area contributed by atoms with E-state index in [9.17, 15) is 18.4 Å². The first-order valence-corrected chi connectivity index (χ1v) is 5.40. The zero-order valence-electron chi connectivity index (χ0n) is 10.1. The van der Waals surface area contributed by atoms with E-state index in [-0.39, 0.29) is 17.8 Å². The molecule has 2 rings (SSSR count). The Hall–Kier alpha value is -2.44. The third kappa shape index (κ3) is 2.26. The lowest BCUT2D eigenvalue weighted by atomic mass is 10.2. The number of benzene rings is 1. The van der Waals surface area contributed by atoms with Crippen molar-refractivity contribution >= 4 is 5.69 Å². The van der Waals surface area contributed by atoms with Crippen molar-refractivity contribution < 1.29 is 8.78 Å². The number of rotatable bonds is 2. The fourth-order valence-electron chi connectivity index (χ4n) is 1.73. The first kappa shape index (κ1) is 13.0. The van der Waals surface area contributed by atoms with Gasteiger partial charge in [0.05, 0.1) is 6.54 Å². The molecule has 2 N–H and O–H groups in total. The molecular weight excluding hydrogens is 256 g/mol. The van der Waals surface area contributed by atoms with Gasteiger partial charge in [-0.3, -0.25) is 9.36 Å². The Kier molecular flexibility index (Phi) is 3.20. The van der Waals surface area contributed by atoms with Crippen LogP contribution < -0.4 is 17.0 Å². The standard InChI is InChI=1S/C12H11F2N3O2/c1-16-6-9(15)11(18)17(12(16)19)5-7-3-2-4-8(13)10(7)14/h2-4,6H,5,15H2,1H3.